The minimum absolute atomic E-state index is 0.333. The second-order valence-corrected chi connectivity index (χ2v) is 5.92. The van der Waals surface area contributed by atoms with Crippen LogP contribution in [0.2, 0.25) is 0 Å². The minimum Gasteiger partial charge on any atom is -0.365 e. The number of aryl methyl sites for hydroxylation is 1. The van der Waals surface area contributed by atoms with Gasteiger partial charge in [-0.15, -0.1) is 5.10 Å². The van der Waals surface area contributed by atoms with Gasteiger partial charge in [-0.2, -0.15) is 5.10 Å². The summed E-state index contributed by atoms with van der Waals surface area (Å²) in [5.41, 5.74) is 1.80. The van der Waals surface area contributed by atoms with Crippen molar-refractivity contribution in [3.05, 3.63) is 36.4 Å². The Morgan fingerprint density at radius 3 is 3.04 bits per heavy atom. The summed E-state index contributed by atoms with van der Waals surface area (Å²) in [6.45, 7) is 3.86. The molecule has 3 aromatic rings. The number of nitrogens with zero attached hydrogens (tertiary/aromatic N) is 5. The molecule has 7 nitrogen and oxygen atoms in total. The smallest absolute Gasteiger partial charge is 0.151 e. The van der Waals surface area contributed by atoms with E-state index in [2.05, 4.69) is 35.4 Å². The van der Waals surface area contributed by atoms with E-state index in [1.54, 1.807) is 6.33 Å². The Labute approximate surface area is 134 Å². The van der Waals surface area contributed by atoms with Crippen molar-refractivity contribution in [1.82, 2.24) is 25.1 Å². The van der Waals surface area contributed by atoms with Gasteiger partial charge in [0.2, 0.25) is 0 Å². The largest absolute Gasteiger partial charge is 0.365 e. The first kappa shape index (κ1) is 13.9. The van der Waals surface area contributed by atoms with Crippen LogP contribution in [0.25, 0.3) is 11.0 Å². The molecule has 23 heavy (non-hydrogen) atoms. The maximum Gasteiger partial charge on any atom is 0.151 e. The molecule has 0 saturated carbocycles. The Hall–Kier alpha value is -2.70. The summed E-state index contributed by atoms with van der Waals surface area (Å²) in [7, 11) is 0. The molecule has 0 aliphatic carbocycles. The number of anilines is 2. The summed E-state index contributed by atoms with van der Waals surface area (Å²) in [6.07, 6.45) is 5.72. The van der Waals surface area contributed by atoms with Crippen molar-refractivity contribution in [2.75, 3.05) is 23.3 Å². The number of aromatic nitrogens is 5. The Kier molecular flexibility index (Phi) is 3.53. The Bertz CT molecular complexity index is 796. The minimum atomic E-state index is 0.333. The van der Waals surface area contributed by atoms with Crippen molar-refractivity contribution < 1.29 is 0 Å². The van der Waals surface area contributed by atoms with Gasteiger partial charge in [0.1, 0.15) is 17.8 Å². The first-order valence-electron chi connectivity index (χ1n) is 7.89. The van der Waals surface area contributed by atoms with Crippen LogP contribution in [-0.2, 0) is 0 Å². The predicted octanol–water partition coefficient (Wildman–Crippen LogP) is 2.14. The van der Waals surface area contributed by atoms with Gasteiger partial charge in [-0.05, 0) is 38.0 Å². The Morgan fingerprint density at radius 2 is 2.17 bits per heavy atom. The lowest BCUT2D eigenvalue weighted by Crippen LogP contribution is -2.42. The molecule has 1 aliphatic rings. The molecule has 0 amide bonds. The molecule has 1 saturated heterocycles. The average Bonchev–Trinajstić information content (AvgIpc) is 3.06. The van der Waals surface area contributed by atoms with E-state index in [-0.39, 0.29) is 0 Å². The zero-order valence-electron chi connectivity index (χ0n) is 13.0. The van der Waals surface area contributed by atoms with E-state index in [9.17, 15) is 0 Å². The molecule has 1 atom stereocenters. The molecule has 0 radical (unpaired) electrons. The van der Waals surface area contributed by atoms with Gasteiger partial charge < -0.3 is 15.2 Å². The van der Waals surface area contributed by atoms with Gasteiger partial charge in [-0.3, -0.25) is 0 Å². The van der Waals surface area contributed by atoms with Gasteiger partial charge >= 0.3 is 0 Å². The van der Waals surface area contributed by atoms with E-state index in [0.29, 0.717) is 6.04 Å². The van der Waals surface area contributed by atoms with Crippen LogP contribution in [0.15, 0.2) is 30.7 Å². The van der Waals surface area contributed by atoms with Crippen molar-refractivity contribution in [3.8, 4) is 0 Å². The van der Waals surface area contributed by atoms with Crippen LogP contribution >= 0.6 is 0 Å². The van der Waals surface area contributed by atoms with Gasteiger partial charge in [-0.25, -0.2) is 9.97 Å². The van der Waals surface area contributed by atoms with E-state index in [1.165, 1.54) is 0 Å². The molecule has 1 aliphatic heterocycles. The highest BCUT2D eigenvalue weighted by Crippen LogP contribution is 2.23. The lowest BCUT2D eigenvalue weighted by atomic mass is 10.1. The SMILES string of the molecule is Cc1ccc(N2CCC[C@@H](Nc3ncnc4[nH]ccc34)C2)nn1. The summed E-state index contributed by atoms with van der Waals surface area (Å²) >= 11 is 0. The topological polar surface area (TPSA) is 82.6 Å². The zero-order chi connectivity index (χ0) is 15.6. The quantitative estimate of drug-likeness (QED) is 0.771. The number of H-pyrrole nitrogens is 1. The number of rotatable bonds is 3. The van der Waals surface area contributed by atoms with E-state index in [4.69, 9.17) is 0 Å². The van der Waals surface area contributed by atoms with E-state index in [1.807, 2.05) is 31.3 Å². The maximum absolute atomic E-state index is 4.39. The molecule has 4 heterocycles. The normalized spacial score (nSPS) is 18.3. The van der Waals surface area contributed by atoms with Crippen LogP contribution < -0.4 is 10.2 Å². The third kappa shape index (κ3) is 2.81. The van der Waals surface area contributed by atoms with Gasteiger partial charge in [0.05, 0.1) is 11.1 Å². The molecule has 118 valence electrons. The first-order chi connectivity index (χ1) is 11.3. The van der Waals surface area contributed by atoms with Crippen LogP contribution in [0.4, 0.5) is 11.6 Å². The van der Waals surface area contributed by atoms with Crippen LogP contribution in [-0.4, -0.2) is 44.3 Å². The molecule has 0 aromatic carbocycles. The Morgan fingerprint density at radius 1 is 1.22 bits per heavy atom. The molecule has 0 spiro atoms. The van der Waals surface area contributed by atoms with E-state index in [0.717, 1.165) is 54.3 Å². The number of nitrogens with one attached hydrogen (secondary N) is 2. The second-order valence-electron chi connectivity index (χ2n) is 5.92. The fraction of sp³-hybridized carbons (Fsp3) is 0.375. The van der Waals surface area contributed by atoms with Crippen molar-refractivity contribution in [3.63, 3.8) is 0 Å². The maximum atomic E-state index is 4.39. The van der Waals surface area contributed by atoms with Crippen LogP contribution in [0.3, 0.4) is 0 Å². The monoisotopic (exact) mass is 309 g/mol. The number of hydrogen-bond acceptors (Lipinski definition) is 6. The van der Waals surface area contributed by atoms with E-state index < -0.39 is 0 Å². The molecule has 0 bridgehead atoms. The highest BCUT2D eigenvalue weighted by molar-refractivity contribution is 5.86. The summed E-state index contributed by atoms with van der Waals surface area (Å²) in [5, 5.41) is 13.1. The molecule has 2 N–H and O–H groups in total. The lowest BCUT2D eigenvalue weighted by Gasteiger charge is -2.34. The summed E-state index contributed by atoms with van der Waals surface area (Å²) < 4.78 is 0. The summed E-state index contributed by atoms with van der Waals surface area (Å²) in [6, 6.07) is 6.39. The fourth-order valence-electron chi connectivity index (χ4n) is 3.04. The molecule has 1 fully saturated rings. The van der Waals surface area contributed by atoms with Crippen molar-refractivity contribution in [2.45, 2.75) is 25.8 Å². The average molecular weight is 309 g/mol. The van der Waals surface area contributed by atoms with Gasteiger partial charge in [0.25, 0.3) is 0 Å². The molecule has 3 aromatic heterocycles. The standard InChI is InChI=1S/C16H19N7/c1-11-4-5-14(22-21-11)23-8-2-3-12(9-23)20-16-13-6-7-17-15(13)18-10-19-16/h4-7,10,12H,2-3,8-9H2,1H3,(H2,17,18,19,20)/t12-/m1/s1. The summed E-state index contributed by atoms with van der Waals surface area (Å²) in [5.74, 6) is 1.83. The molecular weight excluding hydrogens is 290 g/mol. The molecule has 4 rings (SSSR count). The summed E-state index contributed by atoms with van der Waals surface area (Å²) in [4.78, 5) is 14.0. The second kappa shape index (κ2) is 5.83. The van der Waals surface area contributed by atoms with Crippen LogP contribution in [0, 0.1) is 6.92 Å². The van der Waals surface area contributed by atoms with Gasteiger partial charge in [0.15, 0.2) is 5.82 Å². The Balaban J connectivity index is 1.51. The van der Waals surface area contributed by atoms with Gasteiger partial charge in [0, 0.05) is 25.3 Å². The number of hydrogen-bond donors (Lipinski definition) is 2. The zero-order valence-corrected chi connectivity index (χ0v) is 13.0. The van der Waals surface area contributed by atoms with Crippen molar-refractivity contribution in [1.29, 1.82) is 0 Å². The third-order valence-corrected chi connectivity index (χ3v) is 4.22. The fourth-order valence-corrected chi connectivity index (χ4v) is 3.04. The number of fused-ring (bicyclic) bond motifs is 1. The highest BCUT2D eigenvalue weighted by atomic mass is 15.3. The van der Waals surface area contributed by atoms with Crippen LogP contribution in [0.5, 0.6) is 0 Å². The number of piperidine rings is 1. The third-order valence-electron chi connectivity index (χ3n) is 4.22. The molecular formula is C16H19N7. The molecule has 7 heteroatoms. The predicted molar refractivity (Wildman–Crippen MR) is 89.5 cm³/mol. The van der Waals surface area contributed by atoms with E-state index >= 15 is 0 Å². The van der Waals surface area contributed by atoms with Crippen LogP contribution in [0.1, 0.15) is 18.5 Å². The first-order valence-corrected chi connectivity index (χ1v) is 7.89. The highest BCUT2D eigenvalue weighted by Gasteiger charge is 2.22. The molecule has 0 unspecified atom stereocenters. The van der Waals surface area contributed by atoms with Crippen molar-refractivity contribution in [2.24, 2.45) is 0 Å². The number of aromatic amines is 1. The lowest BCUT2D eigenvalue weighted by molar-refractivity contribution is 0.524. The van der Waals surface area contributed by atoms with Gasteiger partial charge in [-0.1, -0.05) is 0 Å². The van der Waals surface area contributed by atoms with Crippen molar-refractivity contribution >= 4 is 22.7 Å².